The summed E-state index contributed by atoms with van der Waals surface area (Å²) in [7, 11) is 0. The Balaban J connectivity index is 3.01. The van der Waals surface area contributed by atoms with Crippen molar-refractivity contribution in [3.63, 3.8) is 0 Å². The molecule has 104 valence electrons. The number of nitrogens with one attached hydrogen (secondary N) is 1. The second kappa shape index (κ2) is 5.48. The van der Waals surface area contributed by atoms with Crippen LogP contribution in [0.5, 0.6) is 5.75 Å². The zero-order valence-corrected chi connectivity index (χ0v) is 11.7. The number of carbonyl (C=O) groups excluding carboxylic acids is 1. The SMILES string of the molecule is CC(C)(C)C(NC(=O)c1cc(Cl)ccc1O)C(=O)O. The van der Waals surface area contributed by atoms with E-state index in [0.717, 1.165) is 0 Å². The minimum Gasteiger partial charge on any atom is -0.507 e. The lowest BCUT2D eigenvalue weighted by molar-refractivity contribution is -0.142. The van der Waals surface area contributed by atoms with E-state index in [1.165, 1.54) is 18.2 Å². The van der Waals surface area contributed by atoms with E-state index < -0.39 is 23.3 Å². The Morgan fingerprint density at radius 1 is 1.32 bits per heavy atom. The number of carboxylic acids is 1. The van der Waals surface area contributed by atoms with Gasteiger partial charge in [-0.2, -0.15) is 0 Å². The molecule has 0 aliphatic heterocycles. The summed E-state index contributed by atoms with van der Waals surface area (Å²) < 4.78 is 0. The van der Waals surface area contributed by atoms with Gasteiger partial charge < -0.3 is 15.5 Å². The van der Waals surface area contributed by atoms with Crippen molar-refractivity contribution < 1.29 is 19.8 Å². The third-order valence-corrected chi connectivity index (χ3v) is 2.83. The number of benzene rings is 1. The highest BCUT2D eigenvalue weighted by molar-refractivity contribution is 6.31. The second-order valence-electron chi connectivity index (χ2n) is 5.27. The summed E-state index contributed by atoms with van der Waals surface area (Å²) in [6.07, 6.45) is 0. The van der Waals surface area contributed by atoms with Crippen molar-refractivity contribution in [1.29, 1.82) is 0 Å². The Hall–Kier alpha value is -1.75. The second-order valence-corrected chi connectivity index (χ2v) is 5.71. The molecule has 0 aliphatic rings. The fraction of sp³-hybridized carbons (Fsp3) is 0.385. The van der Waals surface area contributed by atoms with Crippen LogP contribution < -0.4 is 5.32 Å². The average Bonchev–Trinajstić information content (AvgIpc) is 2.26. The van der Waals surface area contributed by atoms with Crippen LogP contribution in [0.15, 0.2) is 18.2 Å². The smallest absolute Gasteiger partial charge is 0.326 e. The van der Waals surface area contributed by atoms with E-state index in [1.54, 1.807) is 20.8 Å². The Labute approximate surface area is 116 Å². The number of hydrogen-bond donors (Lipinski definition) is 3. The number of phenolic OH excluding ortho intramolecular Hbond substituents is 1. The topological polar surface area (TPSA) is 86.6 Å². The van der Waals surface area contributed by atoms with Crippen molar-refractivity contribution in [1.82, 2.24) is 5.32 Å². The number of hydrogen-bond acceptors (Lipinski definition) is 3. The highest BCUT2D eigenvalue weighted by Gasteiger charge is 2.33. The molecular formula is C13H16ClNO4. The maximum absolute atomic E-state index is 12.0. The molecule has 1 unspecified atom stereocenters. The number of rotatable bonds is 3. The molecule has 1 amide bonds. The monoisotopic (exact) mass is 285 g/mol. The van der Waals surface area contributed by atoms with Crippen LogP contribution in [0.3, 0.4) is 0 Å². The molecule has 0 saturated carbocycles. The summed E-state index contributed by atoms with van der Waals surface area (Å²) in [6, 6.07) is 2.93. The maximum atomic E-state index is 12.0. The van der Waals surface area contributed by atoms with E-state index in [2.05, 4.69) is 5.32 Å². The summed E-state index contributed by atoms with van der Waals surface area (Å²) in [5, 5.41) is 21.4. The lowest BCUT2D eigenvalue weighted by Crippen LogP contribution is -2.49. The van der Waals surface area contributed by atoms with Crippen molar-refractivity contribution in [3.8, 4) is 5.75 Å². The molecule has 5 nitrogen and oxygen atoms in total. The Kier molecular flexibility index (Phi) is 4.42. The van der Waals surface area contributed by atoms with Gasteiger partial charge >= 0.3 is 5.97 Å². The van der Waals surface area contributed by atoms with Crippen LogP contribution in [0, 0.1) is 5.41 Å². The molecule has 0 spiro atoms. The molecule has 0 aliphatic carbocycles. The van der Waals surface area contributed by atoms with E-state index >= 15 is 0 Å². The highest BCUT2D eigenvalue weighted by atomic mass is 35.5. The molecule has 0 heterocycles. The van der Waals surface area contributed by atoms with Crippen LogP contribution in [-0.4, -0.2) is 28.1 Å². The van der Waals surface area contributed by atoms with E-state index in [1.807, 2.05) is 0 Å². The van der Waals surface area contributed by atoms with Crippen LogP contribution in [0.2, 0.25) is 5.02 Å². The van der Waals surface area contributed by atoms with Gasteiger partial charge in [0.2, 0.25) is 0 Å². The molecule has 1 aromatic rings. The summed E-state index contributed by atoms with van der Waals surface area (Å²) in [6.45, 7) is 5.09. The normalized spacial score (nSPS) is 12.8. The van der Waals surface area contributed by atoms with Crippen LogP contribution in [0.25, 0.3) is 0 Å². The molecular weight excluding hydrogens is 270 g/mol. The van der Waals surface area contributed by atoms with E-state index in [0.29, 0.717) is 0 Å². The zero-order valence-electron chi connectivity index (χ0n) is 10.9. The molecule has 0 saturated heterocycles. The van der Waals surface area contributed by atoms with E-state index in [9.17, 15) is 14.7 Å². The largest absolute Gasteiger partial charge is 0.507 e. The molecule has 19 heavy (non-hydrogen) atoms. The molecule has 0 bridgehead atoms. The fourth-order valence-electron chi connectivity index (χ4n) is 1.55. The van der Waals surface area contributed by atoms with E-state index in [-0.39, 0.29) is 16.3 Å². The number of amides is 1. The summed E-state index contributed by atoms with van der Waals surface area (Å²) in [5.74, 6) is -2.07. The molecule has 0 fully saturated rings. The van der Waals surface area contributed by atoms with Gasteiger partial charge in [0.25, 0.3) is 5.91 Å². The van der Waals surface area contributed by atoms with E-state index in [4.69, 9.17) is 16.7 Å². The lowest BCUT2D eigenvalue weighted by atomic mass is 9.86. The van der Waals surface area contributed by atoms with Crippen LogP contribution in [0.1, 0.15) is 31.1 Å². The van der Waals surface area contributed by atoms with Crippen LogP contribution in [0.4, 0.5) is 0 Å². The third kappa shape index (κ3) is 3.86. The van der Waals surface area contributed by atoms with Gasteiger partial charge in [-0.1, -0.05) is 32.4 Å². The molecule has 3 N–H and O–H groups in total. The minimum absolute atomic E-state index is 0.0528. The number of phenols is 1. The predicted octanol–water partition coefficient (Wildman–Crippen LogP) is 2.27. The third-order valence-electron chi connectivity index (χ3n) is 2.59. The van der Waals surface area contributed by atoms with Gasteiger partial charge in [-0.25, -0.2) is 4.79 Å². The molecule has 1 rings (SSSR count). The number of carbonyl (C=O) groups is 2. The summed E-state index contributed by atoms with van der Waals surface area (Å²) in [4.78, 5) is 23.1. The highest BCUT2D eigenvalue weighted by Crippen LogP contribution is 2.24. The van der Waals surface area contributed by atoms with Crippen molar-refractivity contribution in [2.75, 3.05) is 0 Å². The minimum atomic E-state index is -1.14. The quantitative estimate of drug-likeness (QED) is 0.795. The van der Waals surface area contributed by atoms with Crippen molar-refractivity contribution in [2.24, 2.45) is 5.41 Å². The van der Waals surface area contributed by atoms with Gasteiger partial charge in [0, 0.05) is 5.02 Å². The number of halogens is 1. The first-order valence-corrected chi connectivity index (χ1v) is 6.03. The Morgan fingerprint density at radius 2 is 1.89 bits per heavy atom. The fourth-order valence-corrected chi connectivity index (χ4v) is 1.72. The molecule has 0 radical (unpaired) electrons. The standard InChI is InChI=1S/C13H16ClNO4/c1-13(2,3)10(12(18)19)15-11(17)8-6-7(14)4-5-9(8)16/h4-6,10,16H,1-3H3,(H,15,17)(H,18,19). The molecule has 6 heteroatoms. The van der Waals surface area contributed by atoms with Crippen molar-refractivity contribution in [3.05, 3.63) is 28.8 Å². The van der Waals surface area contributed by atoms with Gasteiger partial charge in [0.1, 0.15) is 11.8 Å². The first kappa shape index (κ1) is 15.3. The maximum Gasteiger partial charge on any atom is 0.326 e. The summed E-state index contributed by atoms with van der Waals surface area (Å²) in [5.41, 5.74) is -0.710. The van der Waals surface area contributed by atoms with Gasteiger partial charge in [-0.15, -0.1) is 0 Å². The van der Waals surface area contributed by atoms with Gasteiger partial charge in [0.15, 0.2) is 0 Å². The van der Waals surface area contributed by atoms with Crippen LogP contribution >= 0.6 is 11.6 Å². The molecule has 1 atom stereocenters. The van der Waals surface area contributed by atoms with Crippen molar-refractivity contribution in [2.45, 2.75) is 26.8 Å². The zero-order chi connectivity index (χ0) is 14.8. The Morgan fingerprint density at radius 3 is 2.37 bits per heavy atom. The Bertz CT molecular complexity index is 508. The average molecular weight is 286 g/mol. The van der Waals surface area contributed by atoms with Gasteiger partial charge in [-0.3, -0.25) is 4.79 Å². The molecule has 1 aromatic carbocycles. The van der Waals surface area contributed by atoms with Gasteiger partial charge in [0.05, 0.1) is 5.56 Å². The number of carboxylic acid groups (broad SMARTS) is 1. The van der Waals surface area contributed by atoms with Gasteiger partial charge in [-0.05, 0) is 23.6 Å². The predicted molar refractivity (Wildman–Crippen MR) is 71.5 cm³/mol. The number of aliphatic carboxylic acids is 1. The molecule has 0 aromatic heterocycles. The lowest BCUT2D eigenvalue weighted by Gasteiger charge is -2.27. The van der Waals surface area contributed by atoms with Crippen LogP contribution in [-0.2, 0) is 4.79 Å². The number of aromatic hydroxyl groups is 1. The van der Waals surface area contributed by atoms with Crippen molar-refractivity contribution >= 4 is 23.5 Å². The first-order valence-electron chi connectivity index (χ1n) is 5.65. The first-order chi connectivity index (χ1) is 8.62. The summed E-state index contributed by atoms with van der Waals surface area (Å²) >= 11 is 5.74.